The number of imidazole rings is 1. The molecule has 1 atom stereocenters. The van der Waals surface area contributed by atoms with E-state index in [2.05, 4.69) is 10.3 Å². The Hall–Kier alpha value is -1.36. The summed E-state index contributed by atoms with van der Waals surface area (Å²) in [5.74, 6) is -0.771. The van der Waals surface area contributed by atoms with Crippen LogP contribution in [0.1, 0.15) is 13.3 Å². The Kier molecular flexibility index (Phi) is 4.12. The summed E-state index contributed by atoms with van der Waals surface area (Å²) in [5.41, 5.74) is 0. The summed E-state index contributed by atoms with van der Waals surface area (Å²) >= 11 is 0. The number of carboxylic acid groups (broad SMARTS) is 1. The second-order valence-corrected chi connectivity index (χ2v) is 3.26. The van der Waals surface area contributed by atoms with Crippen LogP contribution in [0.25, 0.3) is 0 Å². The van der Waals surface area contributed by atoms with Crippen LogP contribution in [0.4, 0.5) is 0 Å². The Bertz CT molecular complexity index is 272. The van der Waals surface area contributed by atoms with E-state index in [1.54, 1.807) is 12.5 Å². The van der Waals surface area contributed by atoms with Crippen LogP contribution in [0, 0.1) is 0 Å². The molecule has 0 bridgehead atoms. The number of aromatic nitrogens is 2. The van der Waals surface area contributed by atoms with Crippen LogP contribution < -0.4 is 5.32 Å². The number of carboxylic acids is 1. The standard InChI is InChI=1S/C9H15N3O2/c1-8(11-3-2-9(13)14)6-12-5-4-10-7-12/h4-5,7-8,11H,2-3,6H2,1H3,(H,13,14). The van der Waals surface area contributed by atoms with Gasteiger partial charge in [-0.05, 0) is 6.92 Å². The molecule has 1 unspecified atom stereocenters. The Balaban J connectivity index is 2.16. The van der Waals surface area contributed by atoms with E-state index >= 15 is 0 Å². The summed E-state index contributed by atoms with van der Waals surface area (Å²) in [7, 11) is 0. The zero-order valence-corrected chi connectivity index (χ0v) is 8.18. The Labute approximate surface area is 82.8 Å². The lowest BCUT2D eigenvalue weighted by molar-refractivity contribution is -0.136. The number of hydrogen-bond donors (Lipinski definition) is 2. The molecule has 5 heteroatoms. The fraction of sp³-hybridized carbons (Fsp3) is 0.556. The average Bonchev–Trinajstić information content (AvgIpc) is 2.56. The van der Waals surface area contributed by atoms with E-state index < -0.39 is 5.97 Å². The van der Waals surface area contributed by atoms with Crippen molar-refractivity contribution in [2.75, 3.05) is 6.54 Å². The van der Waals surface area contributed by atoms with Crippen LogP contribution in [0.15, 0.2) is 18.7 Å². The molecule has 0 aliphatic rings. The first kappa shape index (κ1) is 10.7. The number of carbonyl (C=O) groups is 1. The molecule has 0 fully saturated rings. The lowest BCUT2D eigenvalue weighted by atomic mass is 10.3. The van der Waals surface area contributed by atoms with Gasteiger partial charge in [-0.15, -0.1) is 0 Å². The smallest absolute Gasteiger partial charge is 0.304 e. The molecule has 1 heterocycles. The highest BCUT2D eigenvalue weighted by Gasteiger charge is 2.02. The first-order chi connectivity index (χ1) is 6.68. The van der Waals surface area contributed by atoms with Crippen molar-refractivity contribution in [2.24, 2.45) is 0 Å². The van der Waals surface area contributed by atoms with Crippen molar-refractivity contribution in [3.8, 4) is 0 Å². The molecule has 0 radical (unpaired) electrons. The van der Waals surface area contributed by atoms with Crippen molar-refractivity contribution in [3.63, 3.8) is 0 Å². The van der Waals surface area contributed by atoms with E-state index in [-0.39, 0.29) is 12.5 Å². The van der Waals surface area contributed by atoms with E-state index in [1.165, 1.54) is 0 Å². The molecule has 1 rings (SSSR count). The first-order valence-electron chi connectivity index (χ1n) is 4.59. The molecule has 0 aliphatic heterocycles. The van der Waals surface area contributed by atoms with Crippen molar-refractivity contribution in [1.82, 2.24) is 14.9 Å². The van der Waals surface area contributed by atoms with E-state index in [0.717, 1.165) is 6.54 Å². The molecular formula is C9H15N3O2. The van der Waals surface area contributed by atoms with Crippen LogP contribution in [0.2, 0.25) is 0 Å². The molecule has 78 valence electrons. The molecule has 0 aliphatic carbocycles. The van der Waals surface area contributed by atoms with Crippen molar-refractivity contribution in [2.45, 2.75) is 25.9 Å². The summed E-state index contributed by atoms with van der Waals surface area (Å²) in [6.45, 7) is 3.33. The molecule has 1 aromatic heterocycles. The highest BCUT2D eigenvalue weighted by atomic mass is 16.4. The number of nitrogens with one attached hydrogen (secondary N) is 1. The summed E-state index contributed by atoms with van der Waals surface area (Å²) in [6.07, 6.45) is 5.52. The fourth-order valence-electron chi connectivity index (χ4n) is 1.20. The third-order valence-electron chi connectivity index (χ3n) is 1.88. The van der Waals surface area contributed by atoms with E-state index in [9.17, 15) is 4.79 Å². The monoisotopic (exact) mass is 197 g/mol. The SMILES string of the molecule is CC(Cn1ccnc1)NCCC(=O)O. The highest BCUT2D eigenvalue weighted by molar-refractivity contribution is 5.66. The van der Waals surface area contributed by atoms with Crippen molar-refractivity contribution in [1.29, 1.82) is 0 Å². The van der Waals surface area contributed by atoms with Gasteiger partial charge in [0.1, 0.15) is 0 Å². The molecular weight excluding hydrogens is 182 g/mol. The van der Waals surface area contributed by atoms with Crippen LogP contribution in [-0.4, -0.2) is 33.2 Å². The number of aliphatic carboxylic acids is 1. The van der Waals surface area contributed by atoms with E-state index in [1.807, 2.05) is 17.7 Å². The van der Waals surface area contributed by atoms with Gasteiger partial charge in [-0.25, -0.2) is 4.98 Å². The molecule has 14 heavy (non-hydrogen) atoms. The second kappa shape index (κ2) is 5.39. The van der Waals surface area contributed by atoms with Crippen molar-refractivity contribution >= 4 is 5.97 Å². The second-order valence-electron chi connectivity index (χ2n) is 3.26. The van der Waals surface area contributed by atoms with Gasteiger partial charge in [0, 0.05) is 31.5 Å². The van der Waals surface area contributed by atoms with Crippen LogP contribution in [-0.2, 0) is 11.3 Å². The lowest BCUT2D eigenvalue weighted by Gasteiger charge is -2.13. The number of nitrogens with zero attached hydrogens (tertiary/aromatic N) is 2. The Morgan fingerprint density at radius 1 is 1.71 bits per heavy atom. The minimum atomic E-state index is -0.771. The number of rotatable bonds is 6. The molecule has 0 saturated carbocycles. The van der Waals surface area contributed by atoms with Crippen molar-refractivity contribution < 1.29 is 9.90 Å². The summed E-state index contributed by atoms with van der Waals surface area (Å²) in [5, 5.41) is 11.6. The maximum absolute atomic E-state index is 10.2. The largest absolute Gasteiger partial charge is 0.481 e. The minimum absolute atomic E-state index is 0.161. The summed E-state index contributed by atoms with van der Waals surface area (Å²) in [4.78, 5) is 14.2. The molecule has 5 nitrogen and oxygen atoms in total. The Morgan fingerprint density at radius 2 is 2.50 bits per heavy atom. The molecule has 2 N–H and O–H groups in total. The van der Waals surface area contributed by atoms with E-state index in [4.69, 9.17) is 5.11 Å². The minimum Gasteiger partial charge on any atom is -0.481 e. The normalized spacial score (nSPS) is 12.6. The van der Waals surface area contributed by atoms with Crippen LogP contribution >= 0.6 is 0 Å². The lowest BCUT2D eigenvalue weighted by Crippen LogP contribution is -2.31. The van der Waals surface area contributed by atoms with Gasteiger partial charge in [0.25, 0.3) is 0 Å². The predicted molar refractivity (Wildman–Crippen MR) is 51.9 cm³/mol. The fourth-order valence-corrected chi connectivity index (χ4v) is 1.20. The van der Waals surface area contributed by atoms with Gasteiger partial charge in [-0.3, -0.25) is 4.79 Å². The molecule has 0 spiro atoms. The van der Waals surface area contributed by atoms with Crippen LogP contribution in [0.3, 0.4) is 0 Å². The van der Waals surface area contributed by atoms with Crippen molar-refractivity contribution in [3.05, 3.63) is 18.7 Å². The maximum atomic E-state index is 10.2. The van der Waals surface area contributed by atoms with Crippen LogP contribution in [0.5, 0.6) is 0 Å². The summed E-state index contributed by atoms with van der Waals surface area (Å²) in [6, 6.07) is 0.253. The van der Waals surface area contributed by atoms with Gasteiger partial charge in [0.05, 0.1) is 12.7 Å². The summed E-state index contributed by atoms with van der Waals surface area (Å²) < 4.78 is 1.96. The van der Waals surface area contributed by atoms with Gasteiger partial charge < -0.3 is 15.0 Å². The molecule has 0 amide bonds. The third-order valence-corrected chi connectivity index (χ3v) is 1.88. The zero-order valence-electron chi connectivity index (χ0n) is 8.18. The average molecular weight is 197 g/mol. The molecule has 1 aromatic rings. The Morgan fingerprint density at radius 3 is 3.07 bits per heavy atom. The predicted octanol–water partition coefficient (Wildman–Crippen LogP) is 0.336. The molecule has 0 saturated heterocycles. The third kappa shape index (κ3) is 4.04. The van der Waals surface area contributed by atoms with Gasteiger partial charge in [0.2, 0.25) is 0 Å². The van der Waals surface area contributed by atoms with Gasteiger partial charge >= 0.3 is 5.97 Å². The maximum Gasteiger partial charge on any atom is 0.304 e. The molecule has 0 aromatic carbocycles. The zero-order chi connectivity index (χ0) is 10.4. The topological polar surface area (TPSA) is 67.2 Å². The number of hydrogen-bond acceptors (Lipinski definition) is 3. The quantitative estimate of drug-likeness (QED) is 0.690. The highest BCUT2D eigenvalue weighted by Crippen LogP contribution is 1.91. The van der Waals surface area contributed by atoms with Gasteiger partial charge in [0.15, 0.2) is 0 Å². The first-order valence-corrected chi connectivity index (χ1v) is 4.59. The van der Waals surface area contributed by atoms with Gasteiger partial charge in [-0.2, -0.15) is 0 Å². The van der Waals surface area contributed by atoms with Gasteiger partial charge in [-0.1, -0.05) is 0 Å². The van der Waals surface area contributed by atoms with E-state index in [0.29, 0.717) is 6.54 Å².